The van der Waals surface area contributed by atoms with Crippen molar-refractivity contribution in [1.82, 2.24) is 0 Å². The molecule has 0 aliphatic rings. The molecule has 11 heteroatoms. The third-order valence-electron chi connectivity index (χ3n) is 4.10. The molecule has 1 heterocycles. The Morgan fingerprint density at radius 3 is 2.35 bits per heavy atom. The Hall–Kier alpha value is -2.95. The summed E-state index contributed by atoms with van der Waals surface area (Å²) in [5, 5.41) is 4.34. The SMILES string of the molecule is COC(=O)c1sccc1S(=O)(=O)N(CC(=O)Nc1ccc(F)cc1)c1ccc(Cl)cc1. The van der Waals surface area contributed by atoms with Gasteiger partial charge in [-0.15, -0.1) is 11.3 Å². The number of hydrogen-bond donors (Lipinski definition) is 1. The molecule has 162 valence electrons. The number of ether oxygens (including phenoxy) is 1. The first-order valence-electron chi connectivity index (χ1n) is 8.72. The summed E-state index contributed by atoms with van der Waals surface area (Å²) < 4.78 is 45.4. The smallest absolute Gasteiger partial charge is 0.349 e. The van der Waals surface area contributed by atoms with Crippen LogP contribution in [0.5, 0.6) is 0 Å². The highest BCUT2D eigenvalue weighted by Crippen LogP contribution is 2.30. The second kappa shape index (κ2) is 9.46. The number of nitrogens with zero attached hydrogens (tertiary/aromatic N) is 1. The minimum absolute atomic E-state index is 0.111. The number of anilines is 2. The van der Waals surface area contributed by atoms with Crippen LogP contribution in [0, 0.1) is 5.82 Å². The molecule has 0 unspecified atom stereocenters. The number of rotatable bonds is 7. The van der Waals surface area contributed by atoms with Crippen LogP contribution < -0.4 is 9.62 Å². The predicted octanol–water partition coefficient (Wildman–Crippen LogP) is 4.16. The van der Waals surface area contributed by atoms with Gasteiger partial charge in [-0.05, 0) is 60.0 Å². The van der Waals surface area contributed by atoms with Crippen molar-refractivity contribution in [2.75, 3.05) is 23.3 Å². The molecule has 2 aromatic carbocycles. The van der Waals surface area contributed by atoms with Crippen molar-refractivity contribution in [3.8, 4) is 0 Å². The Kier molecular flexibility index (Phi) is 6.94. The zero-order valence-corrected chi connectivity index (χ0v) is 18.4. The van der Waals surface area contributed by atoms with Crippen molar-refractivity contribution >= 4 is 56.2 Å². The maximum absolute atomic E-state index is 13.4. The highest BCUT2D eigenvalue weighted by atomic mass is 35.5. The van der Waals surface area contributed by atoms with Gasteiger partial charge in [0.05, 0.1) is 12.8 Å². The summed E-state index contributed by atoms with van der Waals surface area (Å²) in [4.78, 5) is 24.2. The van der Waals surface area contributed by atoms with Crippen LogP contribution in [0.3, 0.4) is 0 Å². The summed E-state index contributed by atoms with van der Waals surface area (Å²) in [7, 11) is -3.18. The van der Waals surface area contributed by atoms with Gasteiger partial charge in [-0.1, -0.05) is 11.6 Å². The summed E-state index contributed by atoms with van der Waals surface area (Å²) in [5.74, 6) is -1.95. The first-order chi connectivity index (χ1) is 14.7. The molecule has 3 rings (SSSR count). The van der Waals surface area contributed by atoms with E-state index in [0.717, 1.165) is 34.9 Å². The number of sulfonamides is 1. The average Bonchev–Trinajstić information content (AvgIpc) is 3.25. The zero-order valence-electron chi connectivity index (χ0n) is 16.0. The second-order valence-electron chi connectivity index (χ2n) is 6.15. The molecule has 0 radical (unpaired) electrons. The highest BCUT2D eigenvalue weighted by Gasteiger charge is 2.32. The number of carbonyl (C=O) groups excluding carboxylic acids is 2. The fourth-order valence-corrected chi connectivity index (χ4v) is 5.51. The number of benzene rings is 2. The molecule has 7 nitrogen and oxygen atoms in total. The highest BCUT2D eigenvalue weighted by molar-refractivity contribution is 7.93. The van der Waals surface area contributed by atoms with Crippen molar-refractivity contribution < 1.29 is 27.1 Å². The molecule has 1 N–H and O–H groups in total. The van der Waals surface area contributed by atoms with Crippen LogP contribution >= 0.6 is 22.9 Å². The van der Waals surface area contributed by atoms with E-state index in [4.69, 9.17) is 11.6 Å². The number of methoxy groups -OCH3 is 1. The first-order valence-corrected chi connectivity index (χ1v) is 11.4. The van der Waals surface area contributed by atoms with Gasteiger partial charge in [0.2, 0.25) is 5.91 Å². The van der Waals surface area contributed by atoms with Gasteiger partial charge in [0.15, 0.2) is 0 Å². The Morgan fingerprint density at radius 1 is 1.10 bits per heavy atom. The third kappa shape index (κ3) is 5.22. The van der Waals surface area contributed by atoms with Crippen LogP contribution in [0.4, 0.5) is 15.8 Å². The zero-order chi connectivity index (χ0) is 22.6. The van der Waals surface area contributed by atoms with Crippen molar-refractivity contribution in [3.63, 3.8) is 0 Å². The van der Waals surface area contributed by atoms with E-state index in [1.807, 2.05) is 0 Å². The lowest BCUT2D eigenvalue weighted by atomic mass is 10.3. The Balaban J connectivity index is 1.97. The molecule has 1 amide bonds. The van der Waals surface area contributed by atoms with E-state index in [2.05, 4.69) is 10.1 Å². The van der Waals surface area contributed by atoms with Gasteiger partial charge in [0.1, 0.15) is 22.1 Å². The van der Waals surface area contributed by atoms with Crippen molar-refractivity contribution in [1.29, 1.82) is 0 Å². The maximum atomic E-state index is 13.4. The van der Waals surface area contributed by atoms with Gasteiger partial charge >= 0.3 is 5.97 Å². The first kappa shape index (κ1) is 22.7. The molecule has 0 spiro atoms. The number of hydrogen-bond acceptors (Lipinski definition) is 6. The topological polar surface area (TPSA) is 92.8 Å². The fourth-order valence-electron chi connectivity index (χ4n) is 2.65. The lowest BCUT2D eigenvalue weighted by molar-refractivity contribution is -0.114. The predicted molar refractivity (Wildman–Crippen MR) is 117 cm³/mol. The van der Waals surface area contributed by atoms with E-state index in [9.17, 15) is 22.4 Å². The van der Waals surface area contributed by atoms with Gasteiger partial charge in [-0.25, -0.2) is 17.6 Å². The van der Waals surface area contributed by atoms with Crippen LogP contribution in [0.1, 0.15) is 9.67 Å². The molecule has 0 saturated carbocycles. The van der Waals surface area contributed by atoms with Crippen LogP contribution in [-0.2, 0) is 19.6 Å². The van der Waals surface area contributed by atoms with Crippen LogP contribution in [0.25, 0.3) is 0 Å². The van der Waals surface area contributed by atoms with E-state index in [1.54, 1.807) is 0 Å². The normalized spacial score (nSPS) is 11.1. The fraction of sp³-hybridized carbons (Fsp3) is 0.100. The largest absolute Gasteiger partial charge is 0.465 e. The van der Waals surface area contributed by atoms with E-state index in [-0.39, 0.29) is 15.5 Å². The maximum Gasteiger partial charge on any atom is 0.349 e. The minimum atomic E-state index is -4.32. The molecule has 0 aliphatic heterocycles. The second-order valence-corrected chi connectivity index (χ2v) is 9.33. The van der Waals surface area contributed by atoms with Gasteiger partial charge in [0, 0.05) is 10.7 Å². The summed E-state index contributed by atoms with van der Waals surface area (Å²) >= 11 is 6.81. The third-order valence-corrected chi connectivity index (χ3v) is 7.19. The number of esters is 1. The molecule has 0 saturated heterocycles. The summed E-state index contributed by atoms with van der Waals surface area (Å²) in [6.07, 6.45) is 0. The van der Waals surface area contributed by atoms with Gasteiger partial charge in [-0.3, -0.25) is 9.10 Å². The summed E-state index contributed by atoms with van der Waals surface area (Å²) in [6.45, 7) is -0.599. The molecule has 3 aromatic rings. The lowest BCUT2D eigenvalue weighted by Crippen LogP contribution is -2.38. The van der Waals surface area contributed by atoms with Crippen molar-refractivity contribution in [2.45, 2.75) is 4.90 Å². The molecule has 31 heavy (non-hydrogen) atoms. The van der Waals surface area contributed by atoms with E-state index < -0.39 is 34.3 Å². The number of nitrogens with one attached hydrogen (secondary N) is 1. The van der Waals surface area contributed by atoms with Crippen LogP contribution in [-0.4, -0.2) is 33.9 Å². The van der Waals surface area contributed by atoms with Gasteiger partial charge in [0.25, 0.3) is 10.0 Å². The quantitative estimate of drug-likeness (QED) is 0.510. The molecule has 0 aliphatic carbocycles. The van der Waals surface area contributed by atoms with Gasteiger partial charge < -0.3 is 10.1 Å². The summed E-state index contributed by atoms with van der Waals surface area (Å²) in [5.41, 5.74) is 0.464. The Labute approximate surface area is 187 Å². The van der Waals surface area contributed by atoms with E-state index in [1.165, 1.54) is 47.8 Å². The van der Waals surface area contributed by atoms with Crippen molar-refractivity contribution in [2.24, 2.45) is 0 Å². The lowest BCUT2D eigenvalue weighted by Gasteiger charge is -2.24. The van der Waals surface area contributed by atoms with Gasteiger partial charge in [-0.2, -0.15) is 0 Å². The number of amides is 1. The number of carbonyl (C=O) groups is 2. The van der Waals surface area contributed by atoms with Crippen LogP contribution in [0.2, 0.25) is 5.02 Å². The standard InChI is InChI=1S/C20H16ClFN2O5S2/c1-29-20(26)19-17(10-11-30-19)31(27,28)24(16-8-2-13(21)3-9-16)12-18(25)23-15-6-4-14(22)5-7-15/h2-11H,12H2,1H3,(H,23,25). The number of halogens is 2. The van der Waals surface area contributed by atoms with Crippen molar-refractivity contribution in [3.05, 3.63) is 75.7 Å². The molecular weight excluding hydrogens is 467 g/mol. The number of thiophene rings is 1. The van der Waals surface area contributed by atoms with E-state index in [0.29, 0.717) is 10.7 Å². The molecule has 0 bridgehead atoms. The minimum Gasteiger partial charge on any atom is -0.465 e. The monoisotopic (exact) mass is 482 g/mol. The summed E-state index contributed by atoms with van der Waals surface area (Å²) in [6, 6.07) is 12.1. The molecular formula is C20H16ClFN2O5S2. The van der Waals surface area contributed by atoms with E-state index >= 15 is 0 Å². The Morgan fingerprint density at radius 2 is 1.74 bits per heavy atom. The molecule has 0 fully saturated rings. The molecule has 0 atom stereocenters. The average molecular weight is 483 g/mol. The Bertz CT molecular complexity index is 1200. The molecule has 1 aromatic heterocycles. The van der Waals surface area contributed by atoms with Crippen LogP contribution in [0.15, 0.2) is 64.9 Å².